The normalized spacial score (nSPS) is 23.4. The summed E-state index contributed by atoms with van der Waals surface area (Å²) in [6.45, 7) is 10.6. The summed E-state index contributed by atoms with van der Waals surface area (Å²) in [4.78, 5) is 46.5. The molecule has 9 heteroatoms. The third-order valence-corrected chi connectivity index (χ3v) is 6.08. The molecule has 3 saturated heterocycles. The van der Waals surface area contributed by atoms with Crippen molar-refractivity contribution >= 4 is 23.6 Å². The molecular formula is C22H31N5O4. The summed E-state index contributed by atoms with van der Waals surface area (Å²) in [5.41, 5.74) is 1.29. The number of nitrogens with one attached hydrogen (secondary N) is 1. The second kappa shape index (κ2) is 8.45. The number of imide groups is 1. The van der Waals surface area contributed by atoms with Crippen LogP contribution in [0.25, 0.3) is 0 Å². The van der Waals surface area contributed by atoms with E-state index in [0.29, 0.717) is 37.7 Å². The third-order valence-electron chi connectivity index (χ3n) is 6.08. The molecular weight excluding hydrogens is 398 g/mol. The monoisotopic (exact) mass is 429 g/mol. The van der Waals surface area contributed by atoms with Gasteiger partial charge >= 0.3 is 6.09 Å². The SMILES string of the molecule is CC(C)(C)OC(=O)N1CCN(C2CN(c3ccc(C4CCC(=O)NC4=O)nc3)C2)CC1. The van der Waals surface area contributed by atoms with Crippen LogP contribution in [0.2, 0.25) is 0 Å². The van der Waals surface area contributed by atoms with E-state index in [1.165, 1.54) is 0 Å². The predicted molar refractivity (Wildman–Crippen MR) is 115 cm³/mol. The molecule has 3 fully saturated rings. The topological polar surface area (TPSA) is 95.1 Å². The van der Waals surface area contributed by atoms with Gasteiger partial charge in [0, 0.05) is 51.7 Å². The van der Waals surface area contributed by atoms with E-state index in [4.69, 9.17) is 4.74 Å². The summed E-state index contributed by atoms with van der Waals surface area (Å²) < 4.78 is 5.47. The summed E-state index contributed by atoms with van der Waals surface area (Å²) in [6, 6.07) is 4.36. The van der Waals surface area contributed by atoms with Crippen molar-refractivity contribution in [1.29, 1.82) is 0 Å². The highest BCUT2D eigenvalue weighted by molar-refractivity contribution is 6.00. The Hall–Kier alpha value is -2.68. The lowest BCUT2D eigenvalue weighted by Gasteiger charge is -2.49. The molecule has 168 valence electrons. The molecule has 0 bridgehead atoms. The van der Waals surface area contributed by atoms with Gasteiger partial charge in [0.05, 0.1) is 23.5 Å². The minimum atomic E-state index is -0.468. The fourth-order valence-electron chi connectivity index (χ4n) is 4.26. The maximum Gasteiger partial charge on any atom is 0.410 e. The maximum atomic E-state index is 12.2. The van der Waals surface area contributed by atoms with Crippen LogP contribution in [0.4, 0.5) is 10.5 Å². The minimum absolute atomic E-state index is 0.212. The van der Waals surface area contributed by atoms with E-state index in [9.17, 15) is 14.4 Å². The Balaban J connectivity index is 1.24. The van der Waals surface area contributed by atoms with Crippen molar-refractivity contribution in [3.05, 3.63) is 24.0 Å². The average molecular weight is 430 g/mol. The highest BCUT2D eigenvalue weighted by atomic mass is 16.6. The molecule has 1 aromatic rings. The van der Waals surface area contributed by atoms with Gasteiger partial charge in [-0.1, -0.05) is 0 Å². The summed E-state index contributed by atoms with van der Waals surface area (Å²) >= 11 is 0. The van der Waals surface area contributed by atoms with Crippen molar-refractivity contribution in [2.45, 2.75) is 51.2 Å². The Bertz CT molecular complexity index is 836. The molecule has 1 N–H and O–H groups in total. The average Bonchev–Trinajstić information content (AvgIpc) is 2.67. The fraction of sp³-hybridized carbons (Fsp3) is 0.636. The molecule has 3 amide bonds. The van der Waals surface area contributed by atoms with Gasteiger partial charge in [-0.2, -0.15) is 0 Å². The second-order valence-corrected chi connectivity index (χ2v) is 9.51. The van der Waals surface area contributed by atoms with Crippen molar-refractivity contribution in [3.8, 4) is 0 Å². The van der Waals surface area contributed by atoms with Crippen LogP contribution in [0.15, 0.2) is 18.3 Å². The molecule has 4 rings (SSSR count). The Labute approximate surface area is 182 Å². The summed E-state index contributed by atoms with van der Waals surface area (Å²) in [7, 11) is 0. The van der Waals surface area contributed by atoms with Gasteiger partial charge in [-0.05, 0) is 39.3 Å². The lowest BCUT2D eigenvalue weighted by Crippen LogP contribution is -2.63. The van der Waals surface area contributed by atoms with E-state index in [1.807, 2.05) is 39.1 Å². The molecule has 1 aromatic heterocycles. The number of pyridine rings is 1. The van der Waals surface area contributed by atoms with Crippen LogP contribution in [0, 0.1) is 0 Å². The predicted octanol–water partition coefficient (Wildman–Crippen LogP) is 1.34. The number of carbonyl (C=O) groups is 3. The largest absolute Gasteiger partial charge is 0.444 e. The van der Waals surface area contributed by atoms with Crippen LogP contribution in [-0.2, 0) is 14.3 Å². The van der Waals surface area contributed by atoms with Crippen LogP contribution in [0.3, 0.4) is 0 Å². The Morgan fingerprint density at radius 3 is 2.42 bits per heavy atom. The summed E-state index contributed by atoms with van der Waals surface area (Å²) in [5.74, 6) is -0.820. The van der Waals surface area contributed by atoms with Crippen LogP contribution >= 0.6 is 0 Å². The van der Waals surface area contributed by atoms with E-state index in [2.05, 4.69) is 20.1 Å². The van der Waals surface area contributed by atoms with Crippen molar-refractivity contribution in [1.82, 2.24) is 20.1 Å². The number of aromatic nitrogens is 1. The zero-order valence-electron chi connectivity index (χ0n) is 18.5. The smallest absolute Gasteiger partial charge is 0.410 e. The first kappa shape index (κ1) is 21.5. The Kier molecular flexibility index (Phi) is 5.88. The van der Waals surface area contributed by atoms with Crippen molar-refractivity contribution in [2.24, 2.45) is 0 Å². The van der Waals surface area contributed by atoms with E-state index < -0.39 is 5.60 Å². The van der Waals surface area contributed by atoms with Crippen LogP contribution in [-0.4, -0.2) is 83.6 Å². The van der Waals surface area contributed by atoms with Gasteiger partial charge in [0.2, 0.25) is 11.8 Å². The molecule has 3 aliphatic heterocycles. The Morgan fingerprint density at radius 2 is 1.84 bits per heavy atom. The summed E-state index contributed by atoms with van der Waals surface area (Å²) in [5, 5.41) is 2.38. The number of ether oxygens (including phenoxy) is 1. The van der Waals surface area contributed by atoms with Gasteiger partial charge in [-0.15, -0.1) is 0 Å². The van der Waals surface area contributed by atoms with Gasteiger partial charge in [-0.25, -0.2) is 4.79 Å². The molecule has 0 radical (unpaired) electrons. The highest BCUT2D eigenvalue weighted by Gasteiger charge is 2.35. The zero-order valence-corrected chi connectivity index (χ0v) is 18.5. The molecule has 3 aliphatic rings. The van der Waals surface area contributed by atoms with Crippen LogP contribution < -0.4 is 10.2 Å². The number of rotatable bonds is 3. The Morgan fingerprint density at radius 1 is 1.13 bits per heavy atom. The highest BCUT2D eigenvalue weighted by Crippen LogP contribution is 2.28. The molecule has 31 heavy (non-hydrogen) atoms. The lowest BCUT2D eigenvalue weighted by atomic mass is 9.94. The van der Waals surface area contributed by atoms with Gasteiger partial charge in [-0.3, -0.25) is 24.8 Å². The number of amides is 3. The first-order valence-corrected chi connectivity index (χ1v) is 11.0. The number of hydrogen-bond donors (Lipinski definition) is 1. The molecule has 9 nitrogen and oxygen atoms in total. The van der Waals surface area contributed by atoms with Crippen LogP contribution in [0.5, 0.6) is 0 Å². The lowest BCUT2D eigenvalue weighted by molar-refractivity contribution is -0.134. The minimum Gasteiger partial charge on any atom is -0.444 e. The molecule has 0 aliphatic carbocycles. The number of carbonyl (C=O) groups excluding carboxylic acids is 3. The fourth-order valence-corrected chi connectivity index (χ4v) is 4.26. The van der Waals surface area contributed by atoms with E-state index in [-0.39, 0.29) is 23.8 Å². The zero-order chi connectivity index (χ0) is 22.2. The van der Waals surface area contributed by atoms with Crippen molar-refractivity contribution in [3.63, 3.8) is 0 Å². The third kappa shape index (κ3) is 4.98. The molecule has 1 atom stereocenters. The number of piperazine rings is 1. The molecule has 0 spiro atoms. The maximum absolute atomic E-state index is 12.2. The quantitative estimate of drug-likeness (QED) is 0.725. The first-order chi connectivity index (χ1) is 14.7. The van der Waals surface area contributed by atoms with E-state index in [1.54, 1.807) is 4.90 Å². The molecule has 0 aromatic carbocycles. The second-order valence-electron chi connectivity index (χ2n) is 9.51. The summed E-state index contributed by atoms with van der Waals surface area (Å²) in [6.07, 6.45) is 2.45. The number of nitrogens with zero attached hydrogens (tertiary/aromatic N) is 4. The van der Waals surface area contributed by atoms with E-state index in [0.717, 1.165) is 31.9 Å². The van der Waals surface area contributed by atoms with Crippen LogP contribution in [0.1, 0.15) is 45.2 Å². The van der Waals surface area contributed by atoms with Gasteiger partial charge in [0.15, 0.2) is 0 Å². The van der Waals surface area contributed by atoms with Crippen molar-refractivity contribution in [2.75, 3.05) is 44.2 Å². The molecule has 4 heterocycles. The van der Waals surface area contributed by atoms with Gasteiger partial charge in [0.1, 0.15) is 5.60 Å². The molecule has 0 saturated carbocycles. The van der Waals surface area contributed by atoms with Gasteiger partial charge in [0.25, 0.3) is 0 Å². The number of piperidine rings is 1. The number of hydrogen-bond acceptors (Lipinski definition) is 7. The van der Waals surface area contributed by atoms with E-state index >= 15 is 0 Å². The van der Waals surface area contributed by atoms with Crippen molar-refractivity contribution < 1.29 is 19.1 Å². The first-order valence-electron chi connectivity index (χ1n) is 11.0. The molecule has 1 unspecified atom stereocenters. The van der Waals surface area contributed by atoms with Gasteiger partial charge < -0.3 is 14.5 Å². The standard InChI is InChI=1S/C22H31N5O4/c1-22(2,3)31-21(30)26-10-8-25(9-11-26)16-13-27(14-16)15-4-6-18(23-12-15)17-5-7-19(28)24-20(17)29/h4,6,12,16-17H,5,7-11,13-14H2,1-3H3,(H,24,28,29). The number of anilines is 1.